The zero-order valence-electron chi connectivity index (χ0n) is 12.3. The van der Waals surface area contributed by atoms with Gasteiger partial charge in [-0.25, -0.2) is 4.79 Å². The molecule has 0 saturated carbocycles. The number of amides is 1. The van der Waals surface area contributed by atoms with E-state index < -0.39 is 18.6 Å². The molecule has 0 bridgehead atoms. The molecule has 1 amide bonds. The van der Waals surface area contributed by atoms with Gasteiger partial charge in [0.2, 0.25) is 5.91 Å². The second kappa shape index (κ2) is 8.92. The third-order valence-corrected chi connectivity index (χ3v) is 2.96. The van der Waals surface area contributed by atoms with Gasteiger partial charge >= 0.3 is 5.97 Å². The summed E-state index contributed by atoms with van der Waals surface area (Å²) in [6.45, 7) is 1.47. The Morgan fingerprint density at radius 3 is 2.52 bits per heavy atom. The van der Waals surface area contributed by atoms with E-state index in [1.54, 1.807) is 0 Å². The van der Waals surface area contributed by atoms with Crippen molar-refractivity contribution in [3.63, 3.8) is 0 Å². The smallest absolute Gasteiger partial charge is 0.330 e. The predicted molar refractivity (Wildman–Crippen MR) is 80.4 cm³/mol. The molecule has 114 valence electrons. The van der Waals surface area contributed by atoms with Crippen LogP contribution in [0.3, 0.4) is 0 Å². The fourth-order valence-corrected chi connectivity index (χ4v) is 1.80. The zero-order chi connectivity index (χ0) is 15.7. The Kier molecular flexibility index (Phi) is 7.18. The first-order chi connectivity index (χ1) is 10.1. The van der Waals surface area contributed by atoms with Gasteiger partial charge in [-0.05, 0) is 18.9 Å². The summed E-state index contributed by atoms with van der Waals surface area (Å²) in [6.07, 6.45) is 2.85. The van der Waals surface area contributed by atoms with Crippen LogP contribution in [0.25, 0.3) is 6.08 Å². The lowest BCUT2D eigenvalue weighted by Crippen LogP contribution is -2.43. The van der Waals surface area contributed by atoms with E-state index in [0.29, 0.717) is 6.42 Å². The van der Waals surface area contributed by atoms with Gasteiger partial charge in [-0.3, -0.25) is 4.79 Å². The van der Waals surface area contributed by atoms with Crippen LogP contribution in [-0.4, -0.2) is 36.7 Å². The van der Waals surface area contributed by atoms with Crippen molar-refractivity contribution in [3.05, 3.63) is 41.5 Å². The van der Waals surface area contributed by atoms with Gasteiger partial charge in [0, 0.05) is 6.42 Å². The molecule has 0 saturated heterocycles. The molecule has 2 N–H and O–H groups in total. The summed E-state index contributed by atoms with van der Waals surface area (Å²) in [4.78, 5) is 23.0. The van der Waals surface area contributed by atoms with Crippen molar-refractivity contribution in [2.24, 2.45) is 0 Å². The molecule has 5 heteroatoms. The van der Waals surface area contributed by atoms with Crippen molar-refractivity contribution in [1.82, 2.24) is 5.32 Å². The minimum absolute atomic E-state index is 0.253. The van der Waals surface area contributed by atoms with E-state index in [2.05, 4.69) is 10.1 Å². The fraction of sp³-hybridized carbons (Fsp3) is 0.375. The van der Waals surface area contributed by atoms with Crippen LogP contribution in [0.1, 0.15) is 25.3 Å². The molecule has 1 unspecified atom stereocenters. The SMILES string of the molecule is COC(=O)C(CO)NC(=O)CC/C(C)=C/c1ccccc1. The highest BCUT2D eigenvalue weighted by Crippen LogP contribution is 2.10. The van der Waals surface area contributed by atoms with E-state index in [-0.39, 0.29) is 12.3 Å². The van der Waals surface area contributed by atoms with Crippen molar-refractivity contribution in [2.45, 2.75) is 25.8 Å². The molecule has 0 fully saturated rings. The molecule has 1 aromatic carbocycles. The Labute approximate surface area is 124 Å². The van der Waals surface area contributed by atoms with E-state index in [0.717, 1.165) is 11.1 Å². The van der Waals surface area contributed by atoms with Crippen molar-refractivity contribution in [3.8, 4) is 0 Å². The van der Waals surface area contributed by atoms with Crippen molar-refractivity contribution in [1.29, 1.82) is 0 Å². The van der Waals surface area contributed by atoms with Crippen molar-refractivity contribution in [2.75, 3.05) is 13.7 Å². The van der Waals surface area contributed by atoms with Gasteiger partial charge in [0.1, 0.15) is 0 Å². The number of esters is 1. The molecule has 0 aliphatic carbocycles. The maximum atomic E-state index is 11.7. The van der Waals surface area contributed by atoms with Crippen molar-refractivity contribution >= 4 is 18.0 Å². The first-order valence-corrected chi connectivity index (χ1v) is 6.77. The highest BCUT2D eigenvalue weighted by atomic mass is 16.5. The number of benzene rings is 1. The largest absolute Gasteiger partial charge is 0.467 e. The Bertz CT molecular complexity index is 496. The Morgan fingerprint density at radius 1 is 1.29 bits per heavy atom. The molecule has 0 spiro atoms. The van der Waals surface area contributed by atoms with E-state index >= 15 is 0 Å². The van der Waals surface area contributed by atoms with Crippen LogP contribution in [0.2, 0.25) is 0 Å². The van der Waals surface area contributed by atoms with Gasteiger partial charge in [-0.1, -0.05) is 42.0 Å². The maximum Gasteiger partial charge on any atom is 0.330 e. The number of methoxy groups -OCH3 is 1. The highest BCUT2D eigenvalue weighted by Gasteiger charge is 2.19. The van der Waals surface area contributed by atoms with Crippen LogP contribution in [0.4, 0.5) is 0 Å². The molecule has 21 heavy (non-hydrogen) atoms. The predicted octanol–water partition coefficient (Wildman–Crippen LogP) is 1.52. The number of allylic oxidation sites excluding steroid dienone is 1. The maximum absolute atomic E-state index is 11.7. The van der Waals surface area contributed by atoms with Crippen LogP contribution in [0.5, 0.6) is 0 Å². The van der Waals surface area contributed by atoms with Crippen LogP contribution in [0.15, 0.2) is 35.9 Å². The lowest BCUT2D eigenvalue weighted by atomic mass is 10.1. The number of nitrogens with one attached hydrogen (secondary N) is 1. The summed E-state index contributed by atoms with van der Waals surface area (Å²) in [5, 5.41) is 11.5. The van der Waals surface area contributed by atoms with Gasteiger partial charge in [-0.2, -0.15) is 0 Å². The second-order valence-corrected chi connectivity index (χ2v) is 4.73. The second-order valence-electron chi connectivity index (χ2n) is 4.73. The number of hydrogen-bond donors (Lipinski definition) is 2. The summed E-state index contributed by atoms with van der Waals surface area (Å²) in [5.41, 5.74) is 2.15. The Morgan fingerprint density at radius 2 is 1.95 bits per heavy atom. The van der Waals surface area contributed by atoms with E-state index in [9.17, 15) is 9.59 Å². The standard InChI is InChI=1S/C16H21NO4/c1-12(10-13-6-4-3-5-7-13)8-9-15(19)17-14(11-18)16(20)21-2/h3-7,10,14,18H,8-9,11H2,1-2H3,(H,17,19)/b12-10+. The first kappa shape index (κ1) is 16.9. The average Bonchev–Trinajstić information content (AvgIpc) is 2.50. The fourth-order valence-electron chi connectivity index (χ4n) is 1.80. The molecule has 1 atom stereocenters. The quantitative estimate of drug-likeness (QED) is 0.747. The topological polar surface area (TPSA) is 75.6 Å². The molecule has 0 radical (unpaired) electrons. The molecule has 0 aliphatic rings. The van der Waals surface area contributed by atoms with E-state index in [1.165, 1.54) is 7.11 Å². The van der Waals surface area contributed by atoms with E-state index in [4.69, 9.17) is 5.11 Å². The molecule has 0 aliphatic heterocycles. The monoisotopic (exact) mass is 291 g/mol. The van der Waals surface area contributed by atoms with Gasteiger partial charge < -0.3 is 15.2 Å². The summed E-state index contributed by atoms with van der Waals surface area (Å²) >= 11 is 0. The number of aliphatic hydroxyl groups is 1. The normalized spacial score (nSPS) is 12.6. The third kappa shape index (κ3) is 6.23. The summed E-state index contributed by atoms with van der Waals surface area (Å²) in [5.74, 6) is -0.942. The molecule has 0 aromatic heterocycles. The minimum Gasteiger partial charge on any atom is -0.467 e. The number of ether oxygens (including phenoxy) is 1. The number of aliphatic hydroxyl groups excluding tert-OH is 1. The number of rotatable bonds is 7. The number of hydrogen-bond acceptors (Lipinski definition) is 4. The molecule has 1 aromatic rings. The third-order valence-electron chi connectivity index (χ3n) is 2.96. The minimum atomic E-state index is -0.999. The average molecular weight is 291 g/mol. The lowest BCUT2D eigenvalue weighted by Gasteiger charge is -2.13. The molecular formula is C16H21NO4. The van der Waals surface area contributed by atoms with Crippen molar-refractivity contribution < 1.29 is 19.4 Å². The van der Waals surface area contributed by atoms with E-state index in [1.807, 2.05) is 43.3 Å². The highest BCUT2D eigenvalue weighted by molar-refractivity contribution is 5.84. The van der Waals surface area contributed by atoms with Crippen LogP contribution in [-0.2, 0) is 14.3 Å². The first-order valence-electron chi connectivity index (χ1n) is 6.77. The Balaban J connectivity index is 2.45. The number of carbonyl (C=O) groups excluding carboxylic acids is 2. The molecule has 5 nitrogen and oxygen atoms in total. The zero-order valence-corrected chi connectivity index (χ0v) is 12.3. The molecule has 1 rings (SSSR count). The lowest BCUT2D eigenvalue weighted by molar-refractivity contribution is -0.146. The van der Waals surface area contributed by atoms with Gasteiger partial charge in [-0.15, -0.1) is 0 Å². The molecule has 0 heterocycles. The van der Waals surface area contributed by atoms with Gasteiger partial charge in [0.15, 0.2) is 6.04 Å². The summed E-state index contributed by atoms with van der Waals surface area (Å²) in [7, 11) is 1.21. The van der Waals surface area contributed by atoms with Crippen LogP contribution >= 0.6 is 0 Å². The van der Waals surface area contributed by atoms with Gasteiger partial charge in [0.25, 0.3) is 0 Å². The Hall–Kier alpha value is -2.14. The number of carbonyl (C=O) groups is 2. The van der Waals surface area contributed by atoms with Crippen LogP contribution in [0, 0.1) is 0 Å². The molecular weight excluding hydrogens is 270 g/mol. The summed E-state index contributed by atoms with van der Waals surface area (Å²) in [6, 6.07) is 8.83. The van der Waals surface area contributed by atoms with Gasteiger partial charge in [0.05, 0.1) is 13.7 Å². The summed E-state index contributed by atoms with van der Waals surface area (Å²) < 4.78 is 4.48. The van der Waals surface area contributed by atoms with Crippen LogP contribution < -0.4 is 5.32 Å².